The molecule has 1 aliphatic carbocycles. The lowest BCUT2D eigenvalue weighted by Gasteiger charge is -2.27. The average Bonchev–Trinajstić information content (AvgIpc) is 2.50. The maximum atomic E-state index is 12.3. The van der Waals surface area contributed by atoms with Crippen LogP contribution in [0.15, 0.2) is 18.3 Å². The Morgan fingerprint density at radius 1 is 1.33 bits per heavy atom. The summed E-state index contributed by atoms with van der Waals surface area (Å²) < 4.78 is 0. The number of nitrogens with two attached hydrogens (primary N) is 1. The first kappa shape index (κ1) is 15.8. The highest BCUT2D eigenvalue weighted by atomic mass is 16.1. The van der Waals surface area contributed by atoms with E-state index >= 15 is 0 Å². The molecule has 21 heavy (non-hydrogen) atoms. The Labute approximate surface area is 126 Å². The van der Waals surface area contributed by atoms with E-state index in [0.717, 1.165) is 50.3 Å². The van der Waals surface area contributed by atoms with E-state index in [1.54, 1.807) is 6.20 Å². The van der Waals surface area contributed by atoms with Gasteiger partial charge < -0.3 is 16.0 Å². The SMILES string of the molecule is CCN(CC)c1ccc(NC(=O)C2CCCCC2N)cn1. The second-order valence-corrected chi connectivity index (χ2v) is 5.62. The van der Waals surface area contributed by atoms with Crippen molar-refractivity contribution < 1.29 is 4.79 Å². The van der Waals surface area contributed by atoms with Crippen molar-refractivity contribution >= 4 is 17.4 Å². The third-order valence-electron chi connectivity index (χ3n) is 4.26. The molecule has 1 heterocycles. The number of nitrogens with zero attached hydrogens (tertiary/aromatic N) is 2. The number of nitrogens with one attached hydrogen (secondary N) is 1. The molecule has 2 rings (SSSR count). The van der Waals surface area contributed by atoms with E-state index in [0.29, 0.717) is 0 Å². The minimum Gasteiger partial charge on any atom is -0.357 e. The molecule has 1 aliphatic rings. The van der Waals surface area contributed by atoms with Gasteiger partial charge in [0, 0.05) is 19.1 Å². The van der Waals surface area contributed by atoms with Gasteiger partial charge in [0.2, 0.25) is 5.91 Å². The van der Waals surface area contributed by atoms with Crippen LogP contribution < -0.4 is 16.0 Å². The van der Waals surface area contributed by atoms with Crippen LogP contribution >= 0.6 is 0 Å². The molecule has 0 saturated heterocycles. The Balaban J connectivity index is 1.98. The number of rotatable bonds is 5. The van der Waals surface area contributed by atoms with Crippen LogP contribution in [0.3, 0.4) is 0 Å². The lowest BCUT2D eigenvalue weighted by Crippen LogP contribution is -2.40. The van der Waals surface area contributed by atoms with Gasteiger partial charge in [-0.3, -0.25) is 4.79 Å². The molecule has 5 nitrogen and oxygen atoms in total. The van der Waals surface area contributed by atoms with Crippen LogP contribution in [0.2, 0.25) is 0 Å². The van der Waals surface area contributed by atoms with Crippen molar-refractivity contribution in [1.29, 1.82) is 0 Å². The molecule has 5 heteroatoms. The maximum absolute atomic E-state index is 12.3. The van der Waals surface area contributed by atoms with Crippen LogP contribution in [0.4, 0.5) is 11.5 Å². The molecule has 1 aromatic heterocycles. The molecule has 1 saturated carbocycles. The molecule has 1 amide bonds. The highest BCUT2D eigenvalue weighted by Crippen LogP contribution is 2.24. The standard InChI is InChI=1S/C16H26N4O/c1-3-20(4-2)15-10-9-12(11-18-15)19-16(21)13-7-5-6-8-14(13)17/h9-11,13-14H,3-8,17H2,1-2H3,(H,19,21). The highest BCUT2D eigenvalue weighted by molar-refractivity contribution is 5.93. The van der Waals surface area contributed by atoms with Crippen molar-refractivity contribution in [2.45, 2.75) is 45.6 Å². The first-order chi connectivity index (χ1) is 10.2. The smallest absolute Gasteiger partial charge is 0.229 e. The van der Waals surface area contributed by atoms with Crippen LogP contribution in [0, 0.1) is 5.92 Å². The van der Waals surface area contributed by atoms with Crippen molar-refractivity contribution in [3.05, 3.63) is 18.3 Å². The fourth-order valence-corrected chi connectivity index (χ4v) is 2.91. The lowest BCUT2D eigenvalue weighted by molar-refractivity contribution is -0.121. The normalized spacial score (nSPS) is 21.9. The molecule has 1 fully saturated rings. The molecule has 0 radical (unpaired) electrons. The van der Waals surface area contributed by atoms with Gasteiger partial charge in [-0.1, -0.05) is 12.8 Å². The molecule has 116 valence electrons. The molecule has 0 aromatic carbocycles. The van der Waals surface area contributed by atoms with Gasteiger partial charge in [-0.15, -0.1) is 0 Å². The second-order valence-electron chi connectivity index (χ2n) is 5.62. The number of amides is 1. The summed E-state index contributed by atoms with van der Waals surface area (Å²) in [4.78, 5) is 18.9. The molecule has 1 aromatic rings. The average molecular weight is 290 g/mol. The van der Waals surface area contributed by atoms with E-state index in [2.05, 4.69) is 29.0 Å². The number of aromatic nitrogens is 1. The summed E-state index contributed by atoms with van der Waals surface area (Å²) in [6.45, 7) is 6.05. The lowest BCUT2D eigenvalue weighted by atomic mass is 9.84. The van der Waals surface area contributed by atoms with E-state index in [4.69, 9.17) is 5.73 Å². The number of carbonyl (C=O) groups excluding carboxylic acids is 1. The Bertz CT molecular complexity index is 456. The number of hydrogen-bond donors (Lipinski definition) is 2. The molecule has 3 N–H and O–H groups in total. The fourth-order valence-electron chi connectivity index (χ4n) is 2.91. The predicted octanol–water partition coefficient (Wildman–Crippen LogP) is 2.38. The summed E-state index contributed by atoms with van der Waals surface area (Å²) in [5, 5.41) is 2.94. The number of carbonyl (C=O) groups is 1. The summed E-state index contributed by atoms with van der Waals surface area (Å²) in [5.41, 5.74) is 6.79. The van der Waals surface area contributed by atoms with Crippen LogP contribution in [-0.2, 0) is 4.79 Å². The topological polar surface area (TPSA) is 71.2 Å². The first-order valence-corrected chi connectivity index (χ1v) is 7.93. The van der Waals surface area contributed by atoms with Gasteiger partial charge >= 0.3 is 0 Å². The van der Waals surface area contributed by atoms with E-state index in [1.807, 2.05) is 12.1 Å². The number of pyridine rings is 1. The largest absolute Gasteiger partial charge is 0.357 e. The zero-order chi connectivity index (χ0) is 15.2. The third-order valence-corrected chi connectivity index (χ3v) is 4.26. The first-order valence-electron chi connectivity index (χ1n) is 7.93. The summed E-state index contributed by atoms with van der Waals surface area (Å²) in [7, 11) is 0. The number of hydrogen-bond acceptors (Lipinski definition) is 4. The van der Waals surface area contributed by atoms with Crippen molar-refractivity contribution in [2.24, 2.45) is 11.7 Å². The summed E-state index contributed by atoms with van der Waals surface area (Å²) in [6, 6.07) is 3.85. The van der Waals surface area contributed by atoms with Gasteiger partial charge in [0.25, 0.3) is 0 Å². The van der Waals surface area contributed by atoms with E-state index in [-0.39, 0.29) is 17.9 Å². The Morgan fingerprint density at radius 2 is 2.05 bits per heavy atom. The second kappa shape index (κ2) is 7.41. The van der Waals surface area contributed by atoms with Gasteiger partial charge in [-0.2, -0.15) is 0 Å². The molecular weight excluding hydrogens is 264 g/mol. The van der Waals surface area contributed by atoms with Gasteiger partial charge in [-0.25, -0.2) is 4.98 Å². The third kappa shape index (κ3) is 3.94. The van der Waals surface area contributed by atoms with Gasteiger partial charge in [-0.05, 0) is 38.8 Å². The molecular formula is C16H26N4O. The van der Waals surface area contributed by atoms with Gasteiger partial charge in [0.05, 0.1) is 17.8 Å². The zero-order valence-electron chi connectivity index (χ0n) is 13.0. The van der Waals surface area contributed by atoms with Crippen molar-refractivity contribution in [3.63, 3.8) is 0 Å². The quantitative estimate of drug-likeness (QED) is 0.873. The van der Waals surface area contributed by atoms with Crippen LogP contribution in [0.5, 0.6) is 0 Å². The van der Waals surface area contributed by atoms with Gasteiger partial charge in [0.15, 0.2) is 0 Å². The van der Waals surface area contributed by atoms with Crippen molar-refractivity contribution in [1.82, 2.24) is 4.98 Å². The zero-order valence-corrected chi connectivity index (χ0v) is 13.0. The summed E-state index contributed by atoms with van der Waals surface area (Å²) >= 11 is 0. The summed E-state index contributed by atoms with van der Waals surface area (Å²) in [6.07, 6.45) is 5.77. The van der Waals surface area contributed by atoms with Crippen LogP contribution in [0.25, 0.3) is 0 Å². The molecule has 2 atom stereocenters. The molecule has 0 spiro atoms. The minimum absolute atomic E-state index is 0.0124. The maximum Gasteiger partial charge on any atom is 0.229 e. The van der Waals surface area contributed by atoms with Crippen molar-refractivity contribution in [3.8, 4) is 0 Å². The Hall–Kier alpha value is -1.62. The van der Waals surface area contributed by atoms with Gasteiger partial charge in [0.1, 0.15) is 5.82 Å². The van der Waals surface area contributed by atoms with Crippen LogP contribution in [-0.4, -0.2) is 30.0 Å². The highest BCUT2D eigenvalue weighted by Gasteiger charge is 2.28. The monoisotopic (exact) mass is 290 g/mol. The van der Waals surface area contributed by atoms with E-state index in [9.17, 15) is 4.79 Å². The Kier molecular flexibility index (Phi) is 5.56. The molecule has 0 bridgehead atoms. The fraction of sp³-hybridized carbons (Fsp3) is 0.625. The summed E-state index contributed by atoms with van der Waals surface area (Å²) in [5.74, 6) is 0.896. The number of anilines is 2. The Morgan fingerprint density at radius 3 is 2.62 bits per heavy atom. The minimum atomic E-state index is -0.0683. The predicted molar refractivity (Wildman–Crippen MR) is 86.4 cm³/mol. The van der Waals surface area contributed by atoms with E-state index in [1.165, 1.54) is 0 Å². The molecule has 0 aliphatic heterocycles. The van der Waals surface area contributed by atoms with E-state index < -0.39 is 0 Å². The van der Waals surface area contributed by atoms with Crippen molar-refractivity contribution in [2.75, 3.05) is 23.3 Å². The molecule has 2 unspecified atom stereocenters. The van der Waals surface area contributed by atoms with Crippen LogP contribution in [0.1, 0.15) is 39.5 Å².